The number of esters is 1. The van der Waals surface area contributed by atoms with Gasteiger partial charge in [-0.2, -0.15) is 0 Å². The second-order valence-electron chi connectivity index (χ2n) is 11.2. The van der Waals surface area contributed by atoms with Gasteiger partial charge in [0.25, 0.3) is 0 Å². The maximum absolute atomic E-state index is 12.5. The highest BCUT2D eigenvalue weighted by Crippen LogP contribution is 2.17. The minimum absolute atomic E-state index is 0.0556. The fourth-order valence-corrected chi connectivity index (χ4v) is 4.70. The predicted molar refractivity (Wildman–Crippen MR) is 174 cm³/mol. The van der Waals surface area contributed by atoms with Crippen molar-refractivity contribution < 1.29 is 24.2 Å². The van der Waals surface area contributed by atoms with Crippen LogP contribution in [-0.2, 0) is 19.1 Å². The molecule has 242 valence electrons. The molecule has 0 saturated carbocycles. The van der Waals surface area contributed by atoms with E-state index in [1.54, 1.807) is 0 Å². The Labute approximate surface area is 256 Å². The standard InChI is InChI=1S/C35H62N2O5/c1-3-5-7-8-9-10-11-12-13-14-15-16-17-18-23-29-34(39)42-31(25-20-6-4-2)26-21-19-22-28-33(38)37-32(35(40)41)27-24-30-36/h5,7,9-10,12-13,31-32H,3-4,6,8,11,14-30,36H2,1-2H3,(H,37,38)(H,40,41)/b7-5-,10-9-,13-12-. The summed E-state index contributed by atoms with van der Waals surface area (Å²) in [5, 5.41) is 11.8. The average molecular weight is 591 g/mol. The Morgan fingerprint density at radius 1 is 0.714 bits per heavy atom. The largest absolute Gasteiger partial charge is 0.480 e. The Kier molecular flexibility index (Phi) is 28.3. The van der Waals surface area contributed by atoms with Gasteiger partial charge in [0.05, 0.1) is 0 Å². The van der Waals surface area contributed by atoms with Gasteiger partial charge in [0, 0.05) is 12.8 Å². The van der Waals surface area contributed by atoms with E-state index in [2.05, 4.69) is 55.6 Å². The number of ether oxygens (including phenoxy) is 1. The van der Waals surface area contributed by atoms with E-state index in [0.29, 0.717) is 38.6 Å². The molecule has 0 aliphatic carbocycles. The van der Waals surface area contributed by atoms with Gasteiger partial charge in [0.15, 0.2) is 0 Å². The number of rotatable bonds is 29. The van der Waals surface area contributed by atoms with Crippen molar-refractivity contribution in [3.8, 4) is 0 Å². The lowest BCUT2D eigenvalue weighted by molar-refractivity contribution is -0.150. The normalized spacial score (nSPS) is 13.2. The molecule has 0 aromatic heterocycles. The molecule has 4 N–H and O–H groups in total. The lowest BCUT2D eigenvalue weighted by Gasteiger charge is -2.18. The Morgan fingerprint density at radius 3 is 1.98 bits per heavy atom. The molecule has 0 aromatic rings. The predicted octanol–water partition coefficient (Wildman–Crippen LogP) is 8.33. The number of aliphatic carboxylic acids is 1. The summed E-state index contributed by atoms with van der Waals surface area (Å²) in [5.41, 5.74) is 5.45. The molecule has 2 unspecified atom stereocenters. The molecule has 2 atom stereocenters. The molecule has 7 heteroatoms. The second kappa shape index (κ2) is 30.1. The number of amides is 1. The molecule has 0 rings (SSSR count). The minimum Gasteiger partial charge on any atom is -0.480 e. The molecular formula is C35H62N2O5. The summed E-state index contributed by atoms with van der Waals surface area (Å²) in [6.45, 7) is 4.72. The fourth-order valence-electron chi connectivity index (χ4n) is 4.70. The van der Waals surface area contributed by atoms with Crippen LogP contribution in [0.1, 0.15) is 149 Å². The van der Waals surface area contributed by atoms with Crippen LogP contribution in [-0.4, -0.2) is 41.6 Å². The van der Waals surface area contributed by atoms with E-state index in [1.165, 1.54) is 12.8 Å². The van der Waals surface area contributed by atoms with Crippen LogP contribution in [0.5, 0.6) is 0 Å². The number of hydrogen-bond acceptors (Lipinski definition) is 5. The third kappa shape index (κ3) is 26.5. The first-order valence-corrected chi connectivity index (χ1v) is 16.8. The molecule has 0 aromatic carbocycles. The maximum atomic E-state index is 12.5. The summed E-state index contributed by atoms with van der Waals surface area (Å²) in [6.07, 6.45) is 32.1. The Hall–Kier alpha value is -2.41. The van der Waals surface area contributed by atoms with Crippen LogP contribution in [0.4, 0.5) is 0 Å². The van der Waals surface area contributed by atoms with Crippen LogP contribution in [0, 0.1) is 0 Å². The number of allylic oxidation sites excluding steroid dienone is 6. The molecule has 0 spiro atoms. The minimum atomic E-state index is -1.02. The van der Waals surface area contributed by atoms with E-state index in [4.69, 9.17) is 10.5 Å². The van der Waals surface area contributed by atoms with Gasteiger partial charge in [-0.05, 0) is 90.0 Å². The highest BCUT2D eigenvalue weighted by atomic mass is 16.5. The molecule has 0 bridgehead atoms. The number of carboxylic acid groups (broad SMARTS) is 1. The van der Waals surface area contributed by atoms with Crippen LogP contribution in [0.25, 0.3) is 0 Å². The van der Waals surface area contributed by atoms with E-state index in [9.17, 15) is 19.5 Å². The van der Waals surface area contributed by atoms with E-state index in [0.717, 1.165) is 89.9 Å². The van der Waals surface area contributed by atoms with Crippen molar-refractivity contribution in [2.75, 3.05) is 6.54 Å². The Bertz CT molecular complexity index is 762. The van der Waals surface area contributed by atoms with Crippen LogP contribution < -0.4 is 11.1 Å². The average Bonchev–Trinajstić information content (AvgIpc) is 2.96. The van der Waals surface area contributed by atoms with Crippen LogP contribution in [0.15, 0.2) is 36.5 Å². The first-order chi connectivity index (χ1) is 20.4. The van der Waals surface area contributed by atoms with Crippen LogP contribution >= 0.6 is 0 Å². The molecule has 0 aliphatic rings. The van der Waals surface area contributed by atoms with Gasteiger partial charge in [-0.3, -0.25) is 9.59 Å². The summed E-state index contributed by atoms with van der Waals surface area (Å²) in [4.78, 5) is 35.9. The van der Waals surface area contributed by atoms with Gasteiger partial charge < -0.3 is 20.9 Å². The molecule has 0 fully saturated rings. The van der Waals surface area contributed by atoms with Crippen molar-refractivity contribution in [2.45, 2.75) is 161 Å². The number of carboxylic acids is 1. The Balaban J connectivity index is 4.07. The lowest BCUT2D eigenvalue weighted by atomic mass is 10.0. The summed E-state index contributed by atoms with van der Waals surface area (Å²) >= 11 is 0. The monoisotopic (exact) mass is 590 g/mol. The number of nitrogens with one attached hydrogen (secondary N) is 1. The van der Waals surface area contributed by atoms with Crippen molar-refractivity contribution in [1.29, 1.82) is 0 Å². The molecule has 0 radical (unpaired) electrons. The number of unbranched alkanes of at least 4 members (excludes halogenated alkanes) is 9. The van der Waals surface area contributed by atoms with E-state index < -0.39 is 12.0 Å². The molecule has 0 heterocycles. The second-order valence-corrected chi connectivity index (χ2v) is 11.2. The van der Waals surface area contributed by atoms with Gasteiger partial charge >= 0.3 is 11.9 Å². The molecule has 1 amide bonds. The first-order valence-electron chi connectivity index (χ1n) is 16.8. The Morgan fingerprint density at radius 2 is 1.31 bits per heavy atom. The molecular weight excluding hydrogens is 528 g/mol. The van der Waals surface area contributed by atoms with Crippen molar-refractivity contribution in [3.05, 3.63) is 36.5 Å². The van der Waals surface area contributed by atoms with Crippen molar-refractivity contribution >= 4 is 17.8 Å². The lowest BCUT2D eigenvalue weighted by Crippen LogP contribution is -2.40. The number of nitrogens with two attached hydrogens (primary N) is 1. The molecule has 42 heavy (non-hydrogen) atoms. The van der Waals surface area contributed by atoms with Crippen LogP contribution in [0.2, 0.25) is 0 Å². The van der Waals surface area contributed by atoms with E-state index >= 15 is 0 Å². The zero-order valence-electron chi connectivity index (χ0n) is 26.8. The van der Waals surface area contributed by atoms with Crippen molar-refractivity contribution in [2.24, 2.45) is 5.73 Å². The molecule has 0 aliphatic heterocycles. The van der Waals surface area contributed by atoms with Gasteiger partial charge in [-0.15, -0.1) is 0 Å². The number of carbonyl (C=O) groups is 3. The van der Waals surface area contributed by atoms with Gasteiger partial charge in [0.1, 0.15) is 12.1 Å². The smallest absolute Gasteiger partial charge is 0.326 e. The summed E-state index contributed by atoms with van der Waals surface area (Å²) < 4.78 is 5.85. The fraction of sp³-hybridized carbons (Fsp3) is 0.743. The number of hydrogen-bond donors (Lipinski definition) is 3. The van der Waals surface area contributed by atoms with E-state index in [-0.39, 0.29) is 18.0 Å². The zero-order chi connectivity index (χ0) is 31.1. The topological polar surface area (TPSA) is 119 Å². The summed E-state index contributed by atoms with van der Waals surface area (Å²) in [7, 11) is 0. The highest BCUT2D eigenvalue weighted by molar-refractivity contribution is 5.83. The summed E-state index contributed by atoms with van der Waals surface area (Å²) in [5.74, 6) is -1.35. The highest BCUT2D eigenvalue weighted by Gasteiger charge is 2.19. The SMILES string of the molecule is CC/C=C\C/C=C\C/C=C\CCCCCCCC(=O)OC(CCCCC)CCCCCC(=O)NC(CCCN)C(=O)O. The first kappa shape index (κ1) is 39.6. The van der Waals surface area contributed by atoms with Crippen molar-refractivity contribution in [1.82, 2.24) is 5.32 Å². The summed E-state index contributed by atoms with van der Waals surface area (Å²) in [6, 6.07) is -0.874. The molecule has 0 saturated heterocycles. The maximum Gasteiger partial charge on any atom is 0.326 e. The zero-order valence-corrected chi connectivity index (χ0v) is 26.8. The number of carbonyl (C=O) groups excluding carboxylic acids is 2. The molecule has 7 nitrogen and oxygen atoms in total. The third-order valence-corrected chi connectivity index (χ3v) is 7.22. The third-order valence-electron chi connectivity index (χ3n) is 7.22. The van der Waals surface area contributed by atoms with Gasteiger partial charge in [0.2, 0.25) is 5.91 Å². The van der Waals surface area contributed by atoms with E-state index in [1.807, 2.05) is 0 Å². The van der Waals surface area contributed by atoms with Crippen molar-refractivity contribution in [3.63, 3.8) is 0 Å². The van der Waals surface area contributed by atoms with Gasteiger partial charge in [-0.25, -0.2) is 4.79 Å². The van der Waals surface area contributed by atoms with Crippen LogP contribution in [0.3, 0.4) is 0 Å². The quantitative estimate of drug-likeness (QED) is 0.0458. The van der Waals surface area contributed by atoms with Gasteiger partial charge in [-0.1, -0.05) is 88.8 Å².